The first-order valence-electron chi connectivity index (χ1n) is 3.96. The van der Waals surface area contributed by atoms with E-state index < -0.39 is 0 Å². The summed E-state index contributed by atoms with van der Waals surface area (Å²) >= 11 is 8.17. The molecule has 1 aromatic rings. The molecule has 0 amide bonds. The molecule has 0 heterocycles. The van der Waals surface area contributed by atoms with Gasteiger partial charge in [0.1, 0.15) is 0 Å². The van der Waals surface area contributed by atoms with Crippen molar-refractivity contribution in [2.75, 3.05) is 11.9 Å². The van der Waals surface area contributed by atoms with E-state index in [9.17, 15) is 0 Å². The molecule has 1 aromatic carbocycles. The normalized spacial score (nSPS) is 12.6. The molecule has 13 heavy (non-hydrogen) atoms. The van der Waals surface area contributed by atoms with Crippen LogP contribution >= 0.6 is 34.2 Å². The molecule has 0 fully saturated rings. The maximum Gasteiger partial charge on any atom is 0.0684 e. The third-order valence-corrected chi connectivity index (χ3v) is 2.50. The minimum Gasteiger partial charge on any atom is -0.392 e. The van der Waals surface area contributed by atoms with Crippen molar-refractivity contribution in [3.05, 3.63) is 26.8 Å². The lowest BCUT2D eigenvalue weighted by molar-refractivity contribution is 0.208. The van der Waals surface area contributed by atoms with Crippen molar-refractivity contribution in [3.63, 3.8) is 0 Å². The highest BCUT2D eigenvalue weighted by Gasteiger charge is 2.01. The van der Waals surface area contributed by atoms with Gasteiger partial charge in [0.15, 0.2) is 0 Å². The molecule has 0 spiro atoms. The van der Waals surface area contributed by atoms with Gasteiger partial charge in [-0.3, -0.25) is 0 Å². The molecule has 2 N–H and O–H groups in total. The van der Waals surface area contributed by atoms with Gasteiger partial charge >= 0.3 is 0 Å². The van der Waals surface area contributed by atoms with Gasteiger partial charge < -0.3 is 10.4 Å². The van der Waals surface area contributed by atoms with Crippen molar-refractivity contribution in [1.29, 1.82) is 0 Å². The van der Waals surface area contributed by atoms with Crippen LogP contribution in [0.1, 0.15) is 6.92 Å². The van der Waals surface area contributed by atoms with Gasteiger partial charge in [0.2, 0.25) is 0 Å². The Bertz CT molecular complexity index is 291. The Kier molecular flexibility index (Phi) is 4.28. The second kappa shape index (κ2) is 5.02. The summed E-state index contributed by atoms with van der Waals surface area (Å²) in [7, 11) is 0. The van der Waals surface area contributed by atoms with Gasteiger partial charge in [-0.05, 0) is 47.7 Å². The van der Waals surface area contributed by atoms with E-state index in [1.165, 1.54) is 0 Å². The molecule has 0 radical (unpaired) electrons. The number of benzene rings is 1. The van der Waals surface area contributed by atoms with E-state index in [1.54, 1.807) is 6.92 Å². The number of anilines is 1. The summed E-state index contributed by atoms with van der Waals surface area (Å²) in [5.41, 5.74) is 0.864. The molecule has 0 aliphatic rings. The molecule has 72 valence electrons. The summed E-state index contributed by atoms with van der Waals surface area (Å²) in [5, 5.41) is 12.8. The third-order valence-electron chi connectivity index (χ3n) is 1.52. The Labute approximate surface area is 96.4 Å². The first-order valence-corrected chi connectivity index (χ1v) is 5.42. The van der Waals surface area contributed by atoms with Crippen LogP contribution in [-0.4, -0.2) is 17.8 Å². The van der Waals surface area contributed by atoms with Crippen molar-refractivity contribution >= 4 is 39.9 Å². The van der Waals surface area contributed by atoms with Gasteiger partial charge in [0, 0.05) is 10.1 Å². The number of aliphatic hydroxyl groups excluding tert-OH is 1. The molecule has 1 atom stereocenters. The largest absolute Gasteiger partial charge is 0.392 e. The fourth-order valence-electron chi connectivity index (χ4n) is 0.891. The van der Waals surface area contributed by atoms with Gasteiger partial charge in [-0.2, -0.15) is 0 Å². The van der Waals surface area contributed by atoms with E-state index in [0.717, 1.165) is 9.26 Å². The minimum atomic E-state index is -0.365. The van der Waals surface area contributed by atoms with Gasteiger partial charge in [-0.15, -0.1) is 0 Å². The summed E-state index contributed by atoms with van der Waals surface area (Å²) in [6.45, 7) is 2.24. The number of halogens is 2. The minimum absolute atomic E-state index is 0.365. The highest BCUT2D eigenvalue weighted by Crippen LogP contribution is 2.23. The standard InChI is InChI=1S/C9H11ClINO/c1-6(13)5-12-9-3-2-7(11)4-8(9)10/h2-4,6,12-13H,5H2,1H3/t6-/m1/s1. The highest BCUT2D eigenvalue weighted by molar-refractivity contribution is 14.1. The molecule has 0 saturated heterocycles. The van der Waals surface area contributed by atoms with Crippen LogP contribution in [0.3, 0.4) is 0 Å². The number of hydrogen-bond donors (Lipinski definition) is 2. The first kappa shape index (κ1) is 11.1. The number of nitrogens with one attached hydrogen (secondary N) is 1. The van der Waals surface area contributed by atoms with Crippen molar-refractivity contribution in [3.8, 4) is 0 Å². The number of aliphatic hydroxyl groups is 1. The van der Waals surface area contributed by atoms with Gasteiger partial charge in [-0.25, -0.2) is 0 Å². The quantitative estimate of drug-likeness (QED) is 0.841. The molecule has 0 saturated carbocycles. The van der Waals surface area contributed by atoms with E-state index in [0.29, 0.717) is 11.6 Å². The molecule has 1 rings (SSSR count). The van der Waals surface area contributed by atoms with Crippen LogP contribution in [0.2, 0.25) is 5.02 Å². The van der Waals surface area contributed by atoms with E-state index in [-0.39, 0.29) is 6.10 Å². The Balaban J connectivity index is 2.67. The maximum atomic E-state index is 9.05. The zero-order chi connectivity index (χ0) is 9.84. The molecular weight excluding hydrogens is 300 g/mol. The van der Waals surface area contributed by atoms with Crippen LogP contribution < -0.4 is 5.32 Å². The summed E-state index contributed by atoms with van der Waals surface area (Å²) in [4.78, 5) is 0. The molecule has 4 heteroatoms. The molecule has 0 bridgehead atoms. The Hall–Kier alpha value is -0.0000000000000000555. The average Bonchev–Trinajstić information content (AvgIpc) is 2.02. The van der Waals surface area contributed by atoms with E-state index in [1.807, 2.05) is 18.2 Å². The Morgan fingerprint density at radius 3 is 2.85 bits per heavy atom. The summed E-state index contributed by atoms with van der Waals surface area (Å²) in [6, 6.07) is 5.76. The average molecular weight is 312 g/mol. The van der Waals surface area contributed by atoms with Gasteiger partial charge in [-0.1, -0.05) is 11.6 Å². The van der Waals surface area contributed by atoms with Crippen LogP contribution in [0.15, 0.2) is 18.2 Å². The fraction of sp³-hybridized carbons (Fsp3) is 0.333. The first-order chi connectivity index (χ1) is 6.09. The van der Waals surface area contributed by atoms with Crippen molar-refractivity contribution in [2.45, 2.75) is 13.0 Å². The molecule has 0 unspecified atom stereocenters. The zero-order valence-electron chi connectivity index (χ0n) is 7.22. The maximum absolute atomic E-state index is 9.05. The van der Waals surface area contributed by atoms with Crippen molar-refractivity contribution < 1.29 is 5.11 Å². The predicted molar refractivity (Wildman–Crippen MR) is 64.3 cm³/mol. The monoisotopic (exact) mass is 311 g/mol. The van der Waals surface area contributed by atoms with Crippen LogP contribution in [0.25, 0.3) is 0 Å². The smallest absolute Gasteiger partial charge is 0.0684 e. The second-order valence-electron chi connectivity index (χ2n) is 2.85. The SMILES string of the molecule is C[C@@H](O)CNc1ccc(I)cc1Cl. The number of hydrogen-bond acceptors (Lipinski definition) is 2. The van der Waals surface area contributed by atoms with Crippen molar-refractivity contribution in [2.24, 2.45) is 0 Å². The van der Waals surface area contributed by atoms with Crippen LogP contribution in [0.5, 0.6) is 0 Å². The highest BCUT2D eigenvalue weighted by atomic mass is 127. The third kappa shape index (κ3) is 3.70. The lowest BCUT2D eigenvalue weighted by Gasteiger charge is -2.09. The van der Waals surface area contributed by atoms with E-state index in [4.69, 9.17) is 16.7 Å². The summed E-state index contributed by atoms with van der Waals surface area (Å²) < 4.78 is 1.10. The molecule has 0 aliphatic carbocycles. The lowest BCUT2D eigenvalue weighted by atomic mass is 10.3. The molecule has 0 aromatic heterocycles. The van der Waals surface area contributed by atoms with E-state index in [2.05, 4.69) is 27.9 Å². The lowest BCUT2D eigenvalue weighted by Crippen LogP contribution is -2.15. The van der Waals surface area contributed by atoms with Gasteiger partial charge in [0.25, 0.3) is 0 Å². The van der Waals surface area contributed by atoms with E-state index >= 15 is 0 Å². The fourth-order valence-corrected chi connectivity index (χ4v) is 1.81. The second-order valence-corrected chi connectivity index (χ2v) is 4.51. The van der Waals surface area contributed by atoms with Crippen LogP contribution in [-0.2, 0) is 0 Å². The topological polar surface area (TPSA) is 32.3 Å². The molecule has 2 nitrogen and oxygen atoms in total. The Morgan fingerprint density at radius 2 is 2.31 bits per heavy atom. The zero-order valence-corrected chi connectivity index (χ0v) is 10.1. The summed E-state index contributed by atoms with van der Waals surface area (Å²) in [5.74, 6) is 0. The Morgan fingerprint density at radius 1 is 1.62 bits per heavy atom. The van der Waals surface area contributed by atoms with Crippen molar-refractivity contribution in [1.82, 2.24) is 0 Å². The summed E-state index contributed by atoms with van der Waals surface area (Å²) in [6.07, 6.45) is -0.365. The number of rotatable bonds is 3. The molecule has 0 aliphatic heterocycles. The van der Waals surface area contributed by atoms with Gasteiger partial charge in [0.05, 0.1) is 16.8 Å². The van der Waals surface area contributed by atoms with Crippen LogP contribution in [0, 0.1) is 3.57 Å². The molecular formula is C9H11ClINO. The predicted octanol–water partition coefficient (Wildman–Crippen LogP) is 2.74. The van der Waals surface area contributed by atoms with Crippen LogP contribution in [0.4, 0.5) is 5.69 Å².